The van der Waals surface area contributed by atoms with Crippen molar-refractivity contribution in [3.8, 4) is 5.75 Å². The molecule has 1 N–H and O–H groups in total. The monoisotopic (exact) mass is 377 g/mol. The molecule has 28 heavy (non-hydrogen) atoms. The Morgan fingerprint density at radius 2 is 1.89 bits per heavy atom. The highest BCUT2D eigenvalue weighted by Crippen LogP contribution is 2.15. The fourth-order valence-corrected chi connectivity index (χ4v) is 2.83. The van der Waals surface area contributed by atoms with Crippen molar-refractivity contribution in [2.75, 3.05) is 11.9 Å². The number of amides is 1. The number of rotatable bonds is 9. The molecule has 1 aromatic heterocycles. The lowest BCUT2D eigenvalue weighted by molar-refractivity contribution is -0.116. The van der Waals surface area contributed by atoms with Crippen molar-refractivity contribution in [3.63, 3.8) is 0 Å². The third-order valence-corrected chi connectivity index (χ3v) is 4.18. The molecule has 1 heterocycles. The van der Waals surface area contributed by atoms with Crippen molar-refractivity contribution in [2.45, 2.75) is 26.3 Å². The number of carbonyl (C=O) groups is 2. The number of anilines is 1. The Hall–Kier alpha value is -3.41. The molecule has 0 aliphatic carbocycles. The number of nitrogens with one attached hydrogen (secondary N) is 1. The van der Waals surface area contributed by atoms with Crippen LogP contribution >= 0.6 is 0 Å². The first-order valence-corrected chi connectivity index (χ1v) is 9.26. The average Bonchev–Trinajstić information content (AvgIpc) is 3.20. The highest BCUT2D eigenvalue weighted by Gasteiger charge is 2.10. The van der Waals surface area contributed by atoms with Gasteiger partial charge in [0.2, 0.25) is 5.91 Å². The predicted octanol–water partition coefficient (Wildman–Crippen LogP) is 3.93. The summed E-state index contributed by atoms with van der Waals surface area (Å²) in [6.07, 6.45) is 3.91. The van der Waals surface area contributed by atoms with Gasteiger partial charge in [-0.1, -0.05) is 12.1 Å². The van der Waals surface area contributed by atoms with Crippen LogP contribution in [0.15, 0.2) is 67.0 Å². The first kappa shape index (κ1) is 19.4. The lowest BCUT2D eigenvalue weighted by Crippen LogP contribution is -2.14. The summed E-state index contributed by atoms with van der Waals surface area (Å²) in [5.41, 5.74) is 2.33. The number of benzene rings is 2. The Morgan fingerprint density at radius 3 is 2.61 bits per heavy atom. The fraction of sp³-hybridized carbons (Fsp3) is 0.227. The molecule has 0 fully saturated rings. The van der Waals surface area contributed by atoms with Gasteiger partial charge in [0, 0.05) is 36.5 Å². The summed E-state index contributed by atoms with van der Waals surface area (Å²) in [7, 11) is 0. The van der Waals surface area contributed by atoms with E-state index in [0.717, 1.165) is 11.3 Å². The summed E-state index contributed by atoms with van der Waals surface area (Å²) in [5, 5.41) is 7.03. The second-order valence-electron chi connectivity index (χ2n) is 6.33. The zero-order valence-electron chi connectivity index (χ0n) is 15.8. The molecule has 0 radical (unpaired) electrons. The van der Waals surface area contributed by atoms with E-state index in [9.17, 15) is 9.59 Å². The maximum Gasteiger partial charge on any atom is 0.224 e. The molecule has 0 saturated carbocycles. The van der Waals surface area contributed by atoms with Gasteiger partial charge in [0.25, 0.3) is 0 Å². The molecule has 0 bridgehead atoms. The van der Waals surface area contributed by atoms with Gasteiger partial charge in [-0.2, -0.15) is 5.10 Å². The minimum atomic E-state index is -0.185. The van der Waals surface area contributed by atoms with Crippen LogP contribution in [0.4, 0.5) is 5.69 Å². The van der Waals surface area contributed by atoms with E-state index in [1.807, 2.05) is 48.1 Å². The molecule has 0 aliphatic rings. The highest BCUT2D eigenvalue weighted by atomic mass is 16.5. The minimum absolute atomic E-state index is 0.0642. The predicted molar refractivity (Wildman–Crippen MR) is 108 cm³/mol. The van der Waals surface area contributed by atoms with Crippen LogP contribution in [-0.2, 0) is 11.3 Å². The third kappa shape index (κ3) is 5.54. The van der Waals surface area contributed by atoms with Crippen molar-refractivity contribution in [3.05, 3.63) is 78.1 Å². The lowest BCUT2D eigenvalue weighted by atomic mass is 10.1. The standard InChI is InChI=1S/C22H23N3O3/c1-2-28-20-9-7-18(8-10-20)21(26)11-12-22(27)24-19-6-3-5-17(15-19)16-25-14-4-13-23-25/h3-10,13-15H,2,11-12,16H2,1H3,(H,24,27). The molecule has 0 unspecified atom stereocenters. The van der Waals surface area contributed by atoms with Crippen LogP contribution in [0.1, 0.15) is 35.7 Å². The summed E-state index contributed by atoms with van der Waals surface area (Å²) in [6, 6.07) is 16.5. The van der Waals surface area contributed by atoms with E-state index in [2.05, 4.69) is 10.4 Å². The maximum absolute atomic E-state index is 12.3. The van der Waals surface area contributed by atoms with Crippen molar-refractivity contribution in [1.82, 2.24) is 9.78 Å². The number of hydrogen-bond acceptors (Lipinski definition) is 4. The van der Waals surface area contributed by atoms with Gasteiger partial charge in [-0.3, -0.25) is 14.3 Å². The van der Waals surface area contributed by atoms with E-state index < -0.39 is 0 Å². The van der Waals surface area contributed by atoms with Gasteiger partial charge in [-0.05, 0) is 55.0 Å². The van der Waals surface area contributed by atoms with Gasteiger partial charge in [-0.15, -0.1) is 0 Å². The van der Waals surface area contributed by atoms with E-state index in [1.54, 1.807) is 30.5 Å². The van der Waals surface area contributed by atoms with Crippen molar-refractivity contribution < 1.29 is 14.3 Å². The quantitative estimate of drug-likeness (QED) is 0.574. The van der Waals surface area contributed by atoms with Gasteiger partial charge in [0.05, 0.1) is 13.2 Å². The molecule has 144 valence electrons. The van der Waals surface area contributed by atoms with Crippen LogP contribution in [0.25, 0.3) is 0 Å². The van der Waals surface area contributed by atoms with Crippen LogP contribution in [0, 0.1) is 0 Å². The van der Waals surface area contributed by atoms with Crippen molar-refractivity contribution in [1.29, 1.82) is 0 Å². The van der Waals surface area contributed by atoms with E-state index in [4.69, 9.17) is 4.74 Å². The molecule has 3 aromatic rings. The number of ketones is 1. The van der Waals surface area contributed by atoms with Gasteiger partial charge in [0.1, 0.15) is 5.75 Å². The summed E-state index contributed by atoms with van der Waals surface area (Å²) in [5.74, 6) is 0.480. The SMILES string of the molecule is CCOc1ccc(C(=O)CCC(=O)Nc2cccc(Cn3cccn3)c2)cc1. The Balaban J connectivity index is 1.50. The summed E-state index contributed by atoms with van der Waals surface area (Å²) in [4.78, 5) is 24.5. The largest absolute Gasteiger partial charge is 0.494 e. The summed E-state index contributed by atoms with van der Waals surface area (Å²) in [6.45, 7) is 3.12. The topological polar surface area (TPSA) is 73.2 Å². The van der Waals surface area contributed by atoms with Gasteiger partial charge >= 0.3 is 0 Å². The van der Waals surface area contributed by atoms with Crippen molar-refractivity contribution in [2.24, 2.45) is 0 Å². The van der Waals surface area contributed by atoms with Gasteiger partial charge < -0.3 is 10.1 Å². The molecule has 3 rings (SSSR count). The van der Waals surface area contributed by atoms with Crippen LogP contribution in [0.3, 0.4) is 0 Å². The molecule has 6 nitrogen and oxygen atoms in total. The second kappa shape index (κ2) is 9.50. The number of aromatic nitrogens is 2. The molecule has 0 spiro atoms. The van der Waals surface area contributed by atoms with E-state index >= 15 is 0 Å². The second-order valence-corrected chi connectivity index (χ2v) is 6.33. The number of Topliss-reactive ketones (excluding diaryl/α,β-unsaturated/α-hetero) is 1. The van der Waals surface area contributed by atoms with E-state index in [0.29, 0.717) is 24.4 Å². The van der Waals surface area contributed by atoms with Gasteiger partial charge in [0.15, 0.2) is 5.78 Å². The van der Waals surface area contributed by atoms with Crippen molar-refractivity contribution >= 4 is 17.4 Å². The number of carbonyl (C=O) groups excluding carboxylic acids is 2. The first-order valence-electron chi connectivity index (χ1n) is 9.26. The lowest BCUT2D eigenvalue weighted by Gasteiger charge is -2.08. The molecular weight excluding hydrogens is 354 g/mol. The Labute approximate surface area is 164 Å². The Morgan fingerprint density at radius 1 is 1.07 bits per heavy atom. The molecular formula is C22H23N3O3. The Kier molecular flexibility index (Phi) is 6.57. The zero-order valence-corrected chi connectivity index (χ0v) is 15.8. The molecule has 2 aromatic carbocycles. The normalized spacial score (nSPS) is 10.5. The van der Waals surface area contributed by atoms with E-state index in [-0.39, 0.29) is 24.5 Å². The number of nitrogens with zero attached hydrogens (tertiary/aromatic N) is 2. The smallest absolute Gasteiger partial charge is 0.224 e. The summed E-state index contributed by atoms with van der Waals surface area (Å²) >= 11 is 0. The fourth-order valence-electron chi connectivity index (χ4n) is 2.83. The Bertz CT molecular complexity index is 918. The summed E-state index contributed by atoms with van der Waals surface area (Å²) < 4.78 is 7.18. The molecule has 0 saturated heterocycles. The maximum atomic E-state index is 12.3. The average molecular weight is 377 g/mol. The molecule has 1 amide bonds. The van der Waals surface area contributed by atoms with Gasteiger partial charge in [-0.25, -0.2) is 0 Å². The molecule has 0 atom stereocenters. The first-order chi connectivity index (χ1) is 13.6. The third-order valence-electron chi connectivity index (χ3n) is 4.18. The minimum Gasteiger partial charge on any atom is -0.494 e. The zero-order chi connectivity index (χ0) is 19.8. The van der Waals surface area contributed by atoms with Crippen LogP contribution < -0.4 is 10.1 Å². The highest BCUT2D eigenvalue weighted by molar-refractivity contribution is 6.00. The van der Waals surface area contributed by atoms with Crippen LogP contribution in [0.2, 0.25) is 0 Å². The van der Waals surface area contributed by atoms with Crippen LogP contribution in [0.5, 0.6) is 5.75 Å². The van der Waals surface area contributed by atoms with Crippen LogP contribution in [-0.4, -0.2) is 28.1 Å². The number of hydrogen-bond donors (Lipinski definition) is 1. The molecule has 6 heteroatoms. The molecule has 0 aliphatic heterocycles. The number of ether oxygens (including phenoxy) is 1. The van der Waals surface area contributed by atoms with E-state index in [1.165, 1.54) is 0 Å².